The number of nitrogens with one attached hydrogen (secondary N) is 1. The SMILES string of the molecule is CC1(C)CCCC1NCc1cc(Cl)ccc1OC(F)F. The standard InChI is InChI=1S/C15H20ClF2NO/c1-15(2)7-3-4-13(15)19-9-10-8-11(16)5-6-12(10)20-14(17)18/h5-6,8,13-14,19H,3-4,7,9H2,1-2H3. The van der Waals surface area contributed by atoms with Crippen molar-refractivity contribution in [3.63, 3.8) is 0 Å². The first kappa shape index (κ1) is 15.5. The highest BCUT2D eigenvalue weighted by molar-refractivity contribution is 6.30. The molecular weight excluding hydrogens is 284 g/mol. The Balaban J connectivity index is 2.06. The normalized spacial score (nSPS) is 21.4. The van der Waals surface area contributed by atoms with Crippen molar-refractivity contribution >= 4 is 11.6 Å². The number of hydrogen-bond acceptors (Lipinski definition) is 2. The summed E-state index contributed by atoms with van der Waals surface area (Å²) in [6.45, 7) is 2.12. The maximum atomic E-state index is 12.4. The number of halogens is 3. The Hall–Kier alpha value is -0.870. The zero-order valence-electron chi connectivity index (χ0n) is 11.8. The van der Waals surface area contributed by atoms with Crippen molar-refractivity contribution in [2.45, 2.75) is 52.3 Å². The Morgan fingerprint density at radius 3 is 2.80 bits per heavy atom. The van der Waals surface area contributed by atoms with Gasteiger partial charge in [0.1, 0.15) is 5.75 Å². The van der Waals surface area contributed by atoms with Crippen LogP contribution in [-0.2, 0) is 6.54 Å². The van der Waals surface area contributed by atoms with Gasteiger partial charge in [-0.2, -0.15) is 8.78 Å². The van der Waals surface area contributed by atoms with Gasteiger partial charge in [0, 0.05) is 23.2 Å². The second kappa shape index (κ2) is 6.27. The molecule has 1 unspecified atom stereocenters. The van der Waals surface area contributed by atoms with Crippen molar-refractivity contribution in [1.29, 1.82) is 0 Å². The summed E-state index contributed by atoms with van der Waals surface area (Å²) in [6.07, 6.45) is 3.49. The molecule has 0 aromatic heterocycles. The van der Waals surface area contributed by atoms with E-state index in [0.717, 1.165) is 6.42 Å². The minimum atomic E-state index is -2.82. The Bertz CT molecular complexity index is 465. The minimum absolute atomic E-state index is 0.188. The molecule has 1 aromatic carbocycles. The number of hydrogen-bond donors (Lipinski definition) is 1. The van der Waals surface area contributed by atoms with E-state index >= 15 is 0 Å². The summed E-state index contributed by atoms with van der Waals surface area (Å²) in [4.78, 5) is 0. The van der Waals surface area contributed by atoms with Gasteiger partial charge < -0.3 is 10.1 Å². The summed E-state index contributed by atoms with van der Waals surface area (Å²) in [5.41, 5.74) is 0.906. The Kier molecular flexibility index (Phi) is 4.86. The molecule has 0 bridgehead atoms. The van der Waals surface area contributed by atoms with Crippen molar-refractivity contribution in [2.24, 2.45) is 5.41 Å². The fraction of sp³-hybridized carbons (Fsp3) is 0.600. The largest absolute Gasteiger partial charge is 0.434 e. The molecule has 2 nitrogen and oxygen atoms in total. The van der Waals surface area contributed by atoms with Crippen LogP contribution in [0.5, 0.6) is 5.75 Å². The van der Waals surface area contributed by atoms with Gasteiger partial charge in [0.25, 0.3) is 0 Å². The van der Waals surface area contributed by atoms with Crippen LogP contribution in [0.3, 0.4) is 0 Å². The summed E-state index contributed by atoms with van der Waals surface area (Å²) in [6, 6.07) is 5.11. The van der Waals surface area contributed by atoms with Crippen molar-refractivity contribution < 1.29 is 13.5 Å². The second-order valence-electron chi connectivity index (χ2n) is 5.94. The number of rotatable bonds is 5. The first-order valence-corrected chi connectivity index (χ1v) is 7.23. The van der Waals surface area contributed by atoms with Crippen LogP contribution in [0.2, 0.25) is 5.02 Å². The first-order valence-electron chi connectivity index (χ1n) is 6.85. The second-order valence-corrected chi connectivity index (χ2v) is 6.38. The van der Waals surface area contributed by atoms with Crippen LogP contribution in [0, 0.1) is 5.41 Å². The predicted octanol–water partition coefficient (Wildman–Crippen LogP) is 4.61. The van der Waals surface area contributed by atoms with E-state index in [4.69, 9.17) is 11.6 Å². The van der Waals surface area contributed by atoms with Crippen LogP contribution in [0.4, 0.5) is 8.78 Å². The van der Waals surface area contributed by atoms with E-state index in [0.29, 0.717) is 23.2 Å². The van der Waals surface area contributed by atoms with Crippen LogP contribution in [-0.4, -0.2) is 12.7 Å². The molecule has 5 heteroatoms. The molecule has 0 saturated heterocycles. The van der Waals surface area contributed by atoms with Gasteiger partial charge >= 0.3 is 6.61 Å². The molecule has 0 heterocycles. The van der Waals surface area contributed by atoms with E-state index in [1.165, 1.54) is 18.9 Å². The zero-order chi connectivity index (χ0) is 14.8. The molecule has 1 aliphatic carbocycles. The summed E-state index contributed by atoms with van der Waals surface area (Å²) < 4.78 is 29.3. The van der Waals surface area contributed by atoms with Crippen molar-refractivity contribution in [1.82, 2.24) is 5.32 Å². The lowest BCUT2D eigenvalue weighted by Gasteiger charge is -2.28. The third kappa shape index (κ3) is 3.83. The lowest BCUT2D eigenvalue weighted by atomic mass is 9.87. The molecule has 20 heavy (non-hydrogen) atoms. The summed E-state index contributed by atoms with van der Waals surface area (Å²) in [5, 5.41) is 3.97. The Morgan fingerprint density at radius 1 is 1.45 bits per heavy atom. The van der Waals surface area contributed by atoms with Crippen LogP contribution in [0.1, 0.15) is 38.7 Å². The van der Waals surface area contributed by atoms with Crippen molar-refractivity contribution in [3.8, 4) is 5.75 Å². The third-order valence-corrected chi connectivity index (χ3v) is 4.27. The first-order chi connectivity index (χ1) is 9.38. The molecule has 0 spiro atoms. The molecule has 1 N–H and O–H groups in total. The van der Waals surface area contributed by atoms with E-state index in [-0.39, 0.29) is 11.2 Å². The van der Waals surface area contributed by atoms with Crippen molar-refractivity contribution in [2.75, 3.05) is 0 Å². The van der Waals surface area contributed by atoms with Crippen molar-refractivity contribution in [3.05, 3.63) is 28.8 Å². The summed E-state index contributed by atoms with van der Waals surface area (Å²) in [7, 11) is 0. The van der Waals surface area contributed by atoms with Crippen LogP contribution in [0.25, 0.3) is 0 Å². The van der Waals surface area contributed by atoms with Gasteiger partial charge in [-0.25, -0.2) is 0 Å². The third-order valence-electron chi connectivity index (χ3n) is 4.03. The Labute approximate surface area is 123 Å². The molecule has 0 aliphatic heterocycles. The fourth-order valence-corrected chi connectivity index (χ4v) is 3.03. The lowest BCUT2D eigenvalue weighted by Crippen LogP contribution is -2.37. The zero-order valence-corrected chi connectivity index (χ0v) is 12.5. The molecule has 112 valence electrons. The highest BCUT2D eigenvalue weighted by Gasteiger charge is 2.33. The van der Waals surface area contributed by atoms with E-state index in [1.54, 1.807) is 12.1 Å². The fourth-order valence-electron chi connectivity index (χ4n) is 2.84. The minimum Gasteiger partial charge on any atom is -0.434 e. The summed E-state index contributed by atoms with van der Waals surface area (Å²) in [5.74, 6) is 0.188. The average Bonchev–Trinajstić information content (AvgIpc) is 2.68. The lowest BCUT2D eigenvalue weighted by molar-refractivity contribution is -0.0505. The van der Waals surface area contributed by atoms with Gasteiger partial charge in [-0.3, -0.25) is 0 Å². The smallest absolute Gasteiger partial charge is 0.387 e. The highest BCUT2D eigenvalue weighted by atomic mass is 35.5. The van der Waals surface area contributed by atoms with Gasteiger partial charge in [0.2, 0.25) is 0 Å². The van der Waals surface area contributed by atoms with Gasteiger partial charge in [-0.15, -0.1) is 0 Å². The maximum absolute atomic E-state index is 12.4. The van der Waals surface area contributed by atoms with E-state index in [2.05, 4.69) is 23.9 Å². The monoisotopic (exact) mass is 303 g/mol. The maximum Gasteiger partial charge on any atom is 0.387 e. The molecule has 0 radical (unpaired) electrons. The van der Waals surface area contributed by atoms with Crippen LogP contribution >= 0.6 is 11.6 Å². The molecule has 1 atom stereocenters. The van der Waals surface area contributed by atoms with Gasteiger partial charge in [-0.1, -0.05) is 31.9 Å². The van der Waals surface area contributed by atoms with E-state index in [9.17, 15) is 8.78 Å². The quantitative estimate of drug-likeness (QED) is 0.857. The van der Waals surface area contributed by atoms with Gasteiger partial charge in [0.15, 0.2) is 0 Å². The number of benzene rings is 1. The summed E-state index contributed by atoms with van der Waals surface area (Å²) >= 11 is 5.93. The molecule has 0 amide bonds. The number of ether oxygens (including phenoxy) is 1. The molecular formula is C15H20ClF2NO. The van der Waals surface area contributed by atoms with Crippen LogP contribution in [0.15, 0.2) is 18.2 Å². The van der Waals surface area contributed by atoms with Gasteiger partial charge in [-0.05, 0) is 36.5 Å². The molecule has 2 rings (SSSR count). The highest BCUT2D eigenvalue weighted by Crippen LogP contribution is 2.37. The predicted molar refractivity (Wildman–Crippen MR) is 76.3 cm³/mol. The average molecular weight is 304 g/mol. The molecule has 1 saturated carbocycles. The topological polar surface area (TPSA) is 21.3 Å². The molecule has 1 aromatic rings. The van der Waals surface area contributed by atoms with Gasteiger partial charge in [0.05, 0.1) is 0 Å². The van der Waals surface area contributed by atoms with E-state index in [1.807, 2.05) is 0 Å². The van der Waals surface area contributed by atoms with Crippen LogP contribution < -0.4 is 10.1 Å². The molecule has 1 fully saturated rings. The van der Waals surface area contributed by atoms with E-state index < -0.39 is 6.61 Å². The Morgan fingerprint density at radius 2 is 2.20 bits per heavy atom. The molecule has 1 aliphatic rings. The number of alkyl halides is 2.